The molecule has 28 heavy (non-hydrogen) atoms. The van der Waals surface area contributed by atoms with E-state index in [4.69, 9.17) is 4.74 Å². The molecule has 0 atom stereocenters. The molecule has 7 heteroatoms. The van der Waals surface area contributed by atoms with Gasteiger partial charge < -0.3 is 10.1 Å². The van der Waals surface area contributed by atoms with Crippen LogP contribution in [0, 0.1) is 6.92 Å². The molecule has 1 aliphatic rings. The summed E-state index contributed by atoms with van der Waals surface area (Å²) in [6.45, 7) is 3.36. The normalized spacial score (nSPS) is 14.8. The van der Waals surface area contributed by atoms with Gasteiger partial charge in [-0.15, -0.1) is 0 Å². The fourth-order valence-corrected chi connectivity index (χ4v) is 4.81. The fourth-order valence-electron chi connectivity index (χ4n) is 3.21. The zero-order valence-electron chi connectivity index (χ0n) is 16.1. The van der Waals surface area contributed by atoms with Crippen LogP contribution in [-0.2, 0) is 21.2 Å². The highest BCUT2D eigenvalue weighted by atomic mass is 32.2. The predicted octanol–water partition coefficient (Wildman–Crippen LogP) is 2.52. The average molecular weight is 403 g/mol. The van der Waals surface area contributed by atoms with E-state index >= 15 is 0 Å². The Hall–Kier alpha value is -2.38. The topological polar surface area (TPSA) is 75.7 Å². The molecular weight excluding hydrogens is 376 g/mol. The highest BCUT2D eigenvalue weighted by molar-refractivity contribution is 7.89. The molecular formula is C21H26N2O4S. The maximum atomic E-state index is 12.6. The molecule has 150 valence electrons. The number of hydrogen-bond acceptors (Lipinski definition) is 4. The minimum atomic E-state index is -3.45. The third-order valence-electron chi connectivity index (χ3n) is 4.79. The third-order valence-corrected chi connectivity index (χ3v) is 6.68. The van der Waals surface area contributed by atoms with Gasteiger partial charge in [0, 0.05) is 19.6 Å². The van der Waals surface area contributed by atoms with Gasteiger partial charge in [0.2, 0.25) is 10.0 Å². The average Bonchev–Trinajstić information content (AvgIpc) is 3.23. The molecule has 1 fully saturated rings. The maximum absolute atomic E-state index is 12.6. The molecule has 1 N–H and O–H groups in total. The molecule has 0 spiro atoms. The maximum Gasteiger partial charge on any atom is 0.257 e. The van der Waals surface area contributed by atoms with Crippen molar-refractivity contribution in [3.8, 4) is 5.75 Å². The molecule has 1 heterocycles. The van der Waals surface area contributed by atoms with Crippen LogP contribution in [0.3, 0.4) is 0 Å². The Balaban J connectivity index is 1.51. The lowest BCUT2D eigenvalue weighted by Gasteiger charge is -2.17. The summed E-state index contributed by atoms with van der Waals surface area (Å²) in [5.74, 6) is 0.308. The number of hydrogen-bond donors (Lipinski definition) is 1. The second-order valence-corrected chi connectivity index (χ2v) is 8.85. The summed E-state index contributed by atoms with van der Waals surface area (Å²) in [4.78, 5) is 12.2. The highest BCUT2D eigenvalue weighted by Crippen LogP contribution is 2.26. The van der Waals surface area contributed by atoms with Crippen LogP contribution in [0.1, 0.15) is 24.0 Å². The van der Waals surface area contributed by atoms with Crippen LogP contribution >= 0.6 is 0 Å². The Morgan fingerprint density at radius 3 is 2.50 bits per heavy atom. The first-order valence-corrected chi connectivity index (χ1v) is 10.9. The lowest BCUT2D eigenvalue weighted by molar-refractivity contribution is -0.123. The smallest absolute Gasteiger partial charge is 0.257 e. The predicted molar refractivity (Wildman–Crippen MR) is 108 cm³/mol. The number of carbonyl (C=O) groups is 1. The number of amides is 1. The summed E-state index contributed by atoms with van der Waals surface area (Å²) in [5.41, 5.74) is 1.85. The summed E-state index contributed by atoms with van der Waals surface area (Å²) < 4.78 is 32.3. The number of aryl methyl sites for hydroxylation is 1. The number of benzene rings is 2. The molecule has 2 aromatic carbocycles. The van der Waals surface area contributed by atoms with Gasteiger partial charge in [0.15, 0.2) is 6.61 Å². The summed E-state index contributed by atoms with van der Waals surface area (Å²) in [6.07, 6.45) is 2.56. The van der Waals surface area contributed by atoms with Gasteiger partial charge in [-0.05, 0) is 55.5 Å². The first kappa shape index (κ1) is 20.4. The van der Waals surface area contributed by atoms with E-state index in [1.807, 2.05) is 30.3 Å². The van der Waals surface area contributed by atoms with Crippen molar-refractivity contribution >= 4 is 15.9 Å². The molecule has 0 aliphatic carbocycles. The summed E-state index contributed by atoms with van der Waals surface area (Å²) >= 11 is 0. The molecule has 6 nitrogen and oxygen atoms in total. The van der Waals surface area contributed by atoms with Crippen LogP contribution < -0.4 is 10.1 Å². The minimum Gasteiger partial charge on any atom is -0.484 e. The first-order valence-electron chi connectivity index (χ1n) is 9.51. The quantitative estimate of drug-likeness (QED) is 0.736. The first-order chi connectivity index (χ1) is 13.5. The van der Waals surface area contributed by atoms with Crippen molar-refractivity contribution in [2.24, 2.45) is 0 Å². The van der Waals surface area contributed by atoms with Crippen LogP contribution in [0.15, 0.2) is 53.4 Å². The lowest BCUT2D eigenvalue weighted by atomic mass is 10.1. The monoisotopic (exact) mass is 402 g/mol. The molecule has 0 aromatic heterocycles. The van der Waals surface area contributed by atoms with E-state index < -0.39 is 10.0 Å². The van der Waals surface area contributed by atoms with Crippen molar-refractivity contribution in [3.63, 3.8) is 0 Å². The summed E-state index contributed by atoms with van der Waals surface area (Å²) in [5, 5.41) is 2.83. The third kappa shape index (κ3) is 5.11. The second kappa shape index (κ2) is 9.21. The number of nitrogens with zero attached hydrogens (tertiary/aromatic N) is 1. The van der Waals surface area contributed by atoms with E-state index in [0.717, 1.165) is 24.8 Å². The van der Waals surface area contributed by atoms with Crippen LogP contribution in [-0.4, -0.2) is 44.9 Å². The number of rotatable bonds is 8. The van der Waals surface area contributed by atoms with E-state index in [1.165, 1.54) is 4.31 Å². The fraction of sp³-hybridized carbons (Fsp3) is 0.381. The Morgan fingerprint density at radius 2 is 1.82 bits per heavy atom. The van der Waals surface area contributed by atoms with E-state index in [9.17, 15) is 13.2 Å². The van der Waals surface area contributed by atoms with Crippen molar-refractivity contribution in [2.45, 2.75) is 31.1 Å². The van der Waals surface area contributed by atoms with Crippen molar-refractivity contribution in [1.82, 2.24) is 9.62 Å². The van der Waals surface area contributed by atoms with E-state index in [2.05, 4.69) is 5.32 Å². The minimum absolute atomic E-state index is 0.103. The summed E-state index contributed by atoms with van der Waals surface area (Å²) in [7, 11) is -3.45. The molecule has 3 rings (SSSR count). The van der Waals surface area contributed by atoms with Crippen molar-refractivity contribution in [1.29, 1.82) is 0 Å². The molecule has 1 aliphatic heterocycles. The van der Waals surface area contributed by atoms with Crippen LogP contribution in [0.4, 0.5) is 0 Å². The number of ether oxygens (including phenoxy) is 1. The van der Waals surface area contributed by atoms with Crippen LogP contribution in [0.2, 0.25) is 0 Å². The van der Waals surface area contributed by atoms with Crippen LogP contribution in [0.5, 0.6) is 5.75 Å². The van der Waals surface area contributed by atoms with Crippen molar-refractivity contribution < 1.29 is 17.9 Å². The van der Waals surface area contributed by atoms with E-state index in [1.54, 1.807) is 25.1 Å². The molecule has 0 bridgehead atoms. The van der Waals surface area contributed by atoms with Crippen molar-refractivity contribution in [2.75, 3.05) is 26.2 Å². The molecule has 1 amide bonds. The van der Waals surface area contributed by atoms with Gasteiger partial charge in [-0.1, -0.05) is 30.3 Å². The van der Waals surface area contributed by atoms with E-state index in [-0.39, 0.29) is 17.4 Å². The standard InChI is InChI=1S/C21H26N2O4S/c1-17-15-19(28(25,26)23-13-5-6-14-23)9-10-20(17)27-16-21(24)22-12-11-18-7-3-2-4-8-18/h2-4,7-10,15H,5-6,11-14,16H2,1H3,(H,22,24). The van der Waals surface area contributed by atoms with Gasteiger partial charge in [-0.25, -0.2) is 8.42 Å². The molecule has 2 aromatic rings. The van der Waals surface area contributed by atoms with Gasteiger partial charge in [-0.2, -0.15) is 4.31 Å². The van der Waals surface area contributed by atoms with Gasteiger partial charge in [-0.3, -0.25) is 4.79 Å². The Morgan fingerprint density at radius 1 is 1.11 bits per heavy atom. The van der Waals surface area contributed by atoms with Crippen LogP contribution in [0.25, 0.3) is 0 Å². The number of sulfonamides is 1. The Bertz CT molecular complexity index is 907. The van der Waals surface area contributed by atoms with Gasteiger partial charge in [0.1, 0.15) is 5.75 Å². The Kier molecular flexibility index (Phi) is 6.70. The zero-order valence-corrected chi connectivity index (χ0v) is 16.9. The van der Waals surface area contributed by atoms with E-state index in [0.29, 0.717) is 30.9 Å². The highest BCUT2D eigenvalue weighted by Gasteiger charge is 2.27. The lowest BCUT2D eigenvalue weighted by Crippen LogP contribution is -2.30. The zero-order chi connectivity index (χ0) is 20.0. The molecule has 0 saturated carbocycles. The molecule has 0 unspecified atom stereocenters. The summed E-state index contributed by atoms with van der Waals surface area (Å²) in [6, 6.07) is 14.7. The van der Waals surface area contributed by atoms with Gasteiger partial charge in [0.25, 0.3) is 5.91 Å². The Labute approximate surface area is 166 Å². The number of carbonyl (C=O) groups excluding carboxylic acids is 1. The van der Waals surface area contributed by atoms with Crippen molar-refractivity contribution in [3.05, 3.63) is 59.7 Å². The molecule has 0 radical (unpaired) electrons. The van der Waals surface area contributed by atoms with Gasteiger partial charge in [0.05, 0.1) is 4.90 Å². The molecule has 1 saturated heterocycles. The SMILES string of the molecule is Cc1cc(S(=O)(=O)N2CCCC2)ccc1OCC(=O)NCCc1ccccc1. The second-order valence-electron chi connectivity index (χ2n) is 6.91. The number of nitrogens with one attached hydrogen (secondary N) is 1. The van der Waals surface area contributed by atoms with Gasteiger partial charge >= 0.3 is 0 Å². The largest absolute Gasteiger partial charge is 0.484 e.